The minimum Gasteiger partial charge on any atom is -0.462 e. The van der Waals surface area contributed by atoms with Gasteiger partial charge in [0, 0.05) is 18.7 Å². The molecule has 0 radical (unpaired) electrons. The number of hydrogen-bond donors (Lipinski definition) is 1. The molecule has 1 aromatic carbocycles. The number of fused-ring (bicyclic) bond motifs is 1. The minimum absolute atomic E-state index is 0.0182. The fourth-order valence-corrected chi connectivity index (χ4v) is 3.79. The Hall–Kier alpha value is -2.16. The first-order chi connectivity index (χ1) is 14.2. The molecule has 3 rings (SSSR count). The number of ether oxygens (including phenoxy) is 1. The maximum Gasteiger partial charge on any atom is 0.293 e. The number of aliphatic hydroxyl groups is 1. The molecule has 1 aliphatic heterocycles. The van der Waals surface area contributed by atoms with E-state index in [-0.39, 0.29) is 17.8 Å². The number of carbonyl (C=O) groups is 1. The molecule has 1 N–H and O–H groups in total. The largest absolute Gasteiger partial charge is 0.462 e. The average Bonchev–Trinajstić information content (AvgIpc) is 2.70. The minimum atomic E-state index is -0.399. The van der Waals surface area contributed by atoms with E-state index in [1.807, 2.05) is 64.4 Å². The zero-order chi connectivity index (χ0) is 22.3. The third kappa shape index (κ3) is 6.17. The van der Waals surface area contributed by atoms with Crippen molar-refractivity contribution in [2.75, 3.05) is 26.5 Å². The van der Waals surface area contributed by atoms with Crippen LogP contribution in [0.15, 0.2) is 40.3 Å². The van der Waals surface area contributed by atoms with Crippen molar-refractivity contribution in [3.05, 3.63) is 57.5 Å². The average molecular weight is 434 g/mol. The lowest BCUT2D eigenvalue weighted by Gasteiger charge is -2.27. The van der Waals surface area contributed by atoms with Crippen molar-refractivity contribution in [3.8, 4) is 0 Å². The van der Waals surface area contributed by atoms with Crippen LogP contribution in [0.5, 0.6) is 0 Å². The maximum absolute atomic E-state index is 13.1. The molecule has 0 amide bonds. The van der Waals surface area contributed by atoms with E-state index < -0.39 is 6.04 Å². The van der Waals surface area contributed by atoms with E-state index in [9.17, 15) is 14.7 Å². The van der Waals surface area contributed by atoms with E-state index in [0.29, 0.717) is 24.6 Å². The van der Waals surface area contributed by atoms with E-state index in [4.69, 9.17) is 4.98 Å². The van der Waals surface area contributed by atoms with Crippen molar-refractivity contribution in [1.29, 1.82) is 0 Å². The molecule has 0 saturated heterocycles. The normalized spacial score (nSPS) is 14.9. The maximum atomic E-state index is 13.1. The first-order valence-corrected chi connectivity index (χ1v) is 11.1. The number of carbonyl (C=O) groups excluding carboxylic acids is 1. The highest BCUT2D eigenvalue weighted by Gasteiger charge is 2.25. The summed E-state index contributed by atoms with van der Waals surface area (Å²) >= 11 is 1.44. The zero-order valence-electron chi connectivity index (χ0n) is 18.3. The van der Waals surface area contributed by atoms with Crippen LogP contribution in [-0.2, 0) is 22.5 Å². The summed E-state index contributed by atoms with van der Waals surface area (Å²) in [6.07, 6.45) is 2.62. The highest BCUT2D eigenvalue weighted by molar-refractivity contribution is 7.98. The van der Waals surface area contributed by atoms with Crippen molar-refractivity contribution >= 4 is 18.2 Å². The highest BCUT2D eigenvalue weighted by Crippen LogP contribution is 2.24. The summed E-state index contributed by atoms with van der Waals surface area (Å²) in [5, 5.41) is 10.6. The monoisotopic (exact) mass is 433 g/mol. The number of benzene rings is 1. The van der Waals surface area contributed by atoms with Crippen LogP contribution in [0, 0.1) is 0 Å². The Kier molecular flexibility index (Phi) is 8.64. The molecular weight excluding hydrogens is 402 g/mol. The number of aromatic nitrogens is 2. The summed E-state index contributed by atoms with van der Waals surface area (Å²) < 4.78 is 6.21. The lowest BCUT2D eigenvalue weighted by atomic mass is 10.0. The number of aliphatic hydroxyl groups excluding tert-OH is 1. The van der Waals surface area contributed by atoms with Gasteiger partial charge in [0.2, 0.25) is 0 Å². The fraction of sp³-hybridized carbons (Fsp3) is 0.500. The Labute approximate surface area is 182 Å². The van der Waals surface area contributed by atoms with Gasteiger partial charge >= 0.3 is 0 Å². The van der Waals surface area contributed by atoms with Crippen molar-refractivity contribution < 1.29 is 14.6 Å². The van der Waals surface area contributed by atoms with Crippen LogP contribution in [-0.4, -0.2) is 58.1 Å². The van der Waals surface area contributed by atoms with Gasteiger partial charge in [-0.05, 0) is 46.1 Å². The van der Waals surface area contributed by atoms with Crippen LogP contribution in [0.3, 0.4) is 0 Å². The molecule has 1 aliphatic rings. The molecule has 1 atom stereocenters. The number of likely N-dealkylation sites (N-methyl/N-ethyl adjacent to an activating group) is 1. The van der Waals surface area contributed by atoms with Gasteiger partial charge < -0.3 is 14.7 Å². The van der Waals surface area contributed by atoms with E-state index in [1.165, 1.54) is 11.8 Å². The fourth-order valence-electron chi connectivity index (χ4n) is 3.19. The van der Waals surface area contributed by atoms with Crippen molar-refractivity contribution in [2.45, 2.75) is 50.5 Å². The third-order valence-electron chi connectivity index (χ3n) is 4.68. The molecule has 0 bridgehead atoms. The smallest absolute Gasteiger partial charge is 0.293 e. The highest BCUT2D eigenvalue weighted by atomic mass is 32.2. The van der Waals surface area contributed by atoms with Crippen LogP contribution in [0.25, 0.3) is 0 Å². The van der Waals surface area contributed by atoms with Crippen LogP contribution in [0.1, 0.15) is 43.6 Å². The predicted molar refractivity (Wildman–Crippen MR) is 119 cm³/mol. The van der Waals surface area contributed by atoms with Crippen LogP contribution in [0.2, 0.25) is 0 Å². The summed E-state index contributed by atoms with van der Waals surface area (Å²) in [6.45, 7) is 7.35. The Morgan fingerprint density at radius 2 is 1.97 bits per heavy atom. The van der Waals surface area contributed by atoms with Crippen LogP contribution < -0.4 is 5.56 Å². The molecule has 0 spiro atoms. The summed E-state index contributed by atoms with van der Waals surface area (Å²) in [5.41, 5.74) is 2.24. The molecular formula is C22H31N3O4S. The number of thioether (sulfide) groups is 1. The van der Waals surface area contributed by atoms with Crippen molar-refractivity contribution in [3.63, 3.8) is 0 Å². The molecule has 0 fully saturated rings. The second-order valence-corrected chi connectivity index (χ2v) is 8.90. The van der Waals surface area contributed by atoms with Crippen LogP contribution in [0.4, 0.5) is 0 Å². The lowest BCUT2D eigenvalue weighted by molar-refractivity contribution is -0.138. The summed E-state index contributed by atoms with van der Waals surface area (Å²) in [6, 6.07) is 9.24. The molecule has 164 valence electrons. The molecule has 2 heterocycles. The van der Waals surface area contributed by atoms with Gasteiger partial charge in [-0.15, -0.1) is 0 Å². The van der Waals surface area contributed by atoms with Gasteiger partial charge in [-0.1, -0.05) is 42.1 Å². The SMILES string of the molecule is CC(C)(C)OC=O.CSc1nc2c(c(=O)n1C(CO)c1ccccc1)CCN(C)C2. The van der Waals surface area contributed by atoms with Crippen molar-refractivity contribution in [1.82, 2.24) is 14.5 Å². The summed E-state index contributed by atoms with van der Waals surface area (Å²) in [5.74, 6) is 0. The lowest BCUT2D eigenvalue weighted by Crippen LogP contribution is -2.38. The number of rotatable bonds is 5. The van der Waals surface area contributed by atoms with E-state index in [1.54, 1.807) is 4.57 Å². The summed E-state index contributed by atoms with van der Waals surface area (Å²) in [7, 11) is 2.04. The Morgan fingerprint density at radius 3 is 2.47 bits per heavy atom. The van der Waals surface area contributed by atoms with Gasteiger partial charge in [0.15, 0.2) is 5.16 Å². The van der Waals surface area contributed by atoms with Gasteiger partial charge in [-0.25, -0.2) is 4.98 Å². The van der Waals surface area contributed by atoms with E-state index in [2.05, 4.69) is 9.64 Å². The molecule has 0 saturated carbocycles. The van der Waals surface area contributed by atoms with Crippen molar-refractivity contribution in [2.24, 2.45) is 0 Å². The molecule has 2 aromatic rings. The van der Waals surface area contributed by atoms with Gasteiger partial charge in [0.1, 0.15) is 5.60 Å². The second kappa shape index (κ2) is 10.7. The van der Waals surface area contributed by atoms with Gasteiger partial charge in [-0.3, -0.25) is 14.2 Å². The van der Waals surface area contributed by atoms with Gasteiger partial charge in [-0.2, -0.15) is 0 Å². The van der Waals surface area contributed by atoms with E-state index in [0.717, 1.165) is 23.4 Å². The third-order valence-corrected chi connectivity index (χ3v) is 5.33. The standard InChI is InChI=1S/C17H21N3O2S.C5H10O2/c1-19-9-8-13-14(10-19)18-17(23-2)20(16(13)22)15(11-21)12-6-4-3-5-7-12;1-5(2,3)7-4-6/h3-7,15,21H,8-11H2,1-2H3;4H,1-3H3. The Bertz CT molecular complexity index is 894. The van der Waals surface area contributed by atoms with E-state index >= 15 is 0 Å². The molecule has 30 heavy (non-hydrogen) atoms. The molecule has 8 heteroatoms. The molecule has 7 nitrogen and oxygen atoms in total. The molecule has 0 aliphatic carbocycles. The zero-order valence-corrected chi connectivity index (χ0v) is 19.1. The Morgan fingerprint density at radius 1 is 1.30 bits per heavy atom. The van der Waals surface area contributed by atoms with Crippen LogP contribution >= 0.6 is 11.8 Å². The first kappa shape index (κ1) is 24.1. The van der Waals surface area contributed by atoms with Gasteiger partial charge in [0.05, 0.1) is 18.3 Å². The second-order valence-electron chi connectivity index (χ2n) is 8.12. The number of hydrogen-bond acceptors (Lipinski definition) is 7. The Balaban J connectivity index is 0.000000396. The predicted octanol–water partition coefficient (Wildman–Crippen LogP) is 2.49. The molecule has 1 unspecified atom stereocenters. The quantitative estimate of drug-likeness (QED) is 0.441. The topological polar surface area (TPSA) is 84.7 Å². The van der Waals surface area contributed by atoms with Gasteiger partial charge in [0.25, 0.3) is 12.0 Å². The molecule has 1 aromatic heterocycles. The number of nitrogens with zero attached hydrogens (tertiary/aromatic N) is 3. The summed E-state index contributed by atoms with van der Waals surface area (Å²) in [4.78, 5) is 29.5. The first-order valence-electron chi connectivity index (χ1n) is 9.86.